The Bertz CT molecular complexity index is 2150. The Morgan fingerprint density at radius 3 is 2.49 bits per heavy atom. The summed E-state index contributed by atoms with van der Waals surface area (Å²) in [7, 11) is -2.34. The highest BCUT2D eigenvalue weighted by Crippen LogP contribution is 2.40. The van der Waals surface area contributed by atoms with Crippen molar-refractivity contribution in [3.05, 3.63) is 102 Å². The third-order valence-corrected chi connectivity index (χ3v) is 10.5. The number of hydrogen-bond acceptors (Lipinski definition) is 7. The molecular weight excluding hydrogens is 609 g/mol. The van der Waals surface area contributed by atoms with Gasteiger partial charge in [-0.1, -0.05) is 55.8 Å². The number of aromatic nitrogens is 3. The van der Waals surface area contributed by atoms with E-state index in [0.717, 1.165) is 23.7 Å². The van der Waals surface area contributed by atoms with E-state index in [0.29, 0.717) is 56.5 Å². The number of methoxy groups -OCH3 is 1. The zero-order valence-electron chi connectivity index (χ0n) is 25.1. The molecule has 0 radical (unpaired) electrons. The summed E-state index contributed by atoms with van der Waals surface area (Å²) in [6, 6.07) is 25.3. The van der Waals surface area contributed by atoms with Crippen LogP contribution in [0.25, 0.3) is 33.1 Å². The number of carboxylic acid groups (broad SMARTS) is 1. The number of carbonyl (C=O) groups is 1. The van der Waals surface area contributed by atoms with Crippen molar-refractivity contribution in [1.29, 1.82) is 0 Å². The lowest BCUT2D eigenvalue weighted by Crippen LogP contribution is -2.32. The molecule has 0 unspecified atom stereocenters. The highest BCUT2D eigenvalue weighted by molar-refractivity contribution is 7.92. The quantitative estimate of drug-likeness (QED) is 0.157. The van der Waals surface area contributed by atoms with Crippen molar-refractivity contribution in [2.24, 2.45) is 0 Å². The van der Waals surface area contributed by atoms with Gasteiger partial charge in [0.05, 0.1) is 36.0 Å². The van der Waals surface area contributed by atoms with Crippen LogP contribution in [0, 0.1) is 6.92 Å². The van der Waals surface area contributed by atoms with Crippen LogP contribution in [0.1, 0.15) is 41.4 Å². The second-order valence-corrected chi connectivity index (χ2v) is 13.2. The molecule has 230 valence electrons. The van der Waals surface area contributed by atoms with Gasteiger partial charge in [0.2, 0.25) is 0 Å². The van der Waals surface area contributed by atoms with Crippen LogP contribution in [-0.4, -0.2) is 46.5 Å². The molecule has 45 heavy (non-hydrogen) atoms. The molecule has 2 aromatic heterocycles. The fourth-order valence-corrected chi connectivity index (χ4v) is 8.01. The van der Waals surface area contributed by atoms with Crippen molar-refractivity contribution in [2.75, 3.05) is 18.0 Å². The lowest BCUT2D eigenvalue weighted by atomic mass is 10.0. The summed E-state index contributed by atoms with van der Waals surface area (Å²) in [6.07, 6.45) is 1.45. The first-order valence-corrected chi connectivity index (χ1v) is 16.7. The van der Waals surface area contributed by atoms with Gasteiger partial charge in [-0.05, 0) is 66.9 Å². The number of rotatable bonds is 11. The number of sulfonamides is 1. The van der Waals surface area contributed by atoms with E-state index in [1.165, 1.54) is 4.31 Å². The lowest BCUT2D eigenvalue weighted by molar-refractivity contribution is 0.0687. The molecular formula is C34H32N4O5S2. The van der Waals surface area contributed by atoms with Crippen LogP contribution in [0.4, 0.5) is 5.69 Å². The zero-order chi connectivity index (χ0) is 31.7. The molecule has 4 aromatic carbocycles. The van der Waals surface area contributed by atoms with Crippen LogP contribution in [0.3, 0.4) is 0 Å². The van der Waals surface area contributed by atoms with Gasteiger partial charge in [-0.25, -0.2) is 13.2 Å². The molecule has 0 spiro atoms. The second-order valence-electron chi connectivity index (χ2n) is 10.8. The van der Waals surface area contributed by atoms with Gasteiger partial charge in [-0.3, -0.25) is 4.31 Å². The van der Waals surface area contributed by atoms with Gasteiger partial charge < -0.3 is 14.4 Å². The third-order valence-electron chi connectivity index (χ3n) is 7.98. The van der Waals surface area contributed by atoms with Crippen LogP contribution < -0.4 is 9.04 Å². The van der Waals surface area contributed by atoms with Crippen LogP contribution >= 0.6 is 11.7 Å². The van der Waals surface area contributed by atoms with Crippen LogP contribution in [0.15, 0.2) is 89.8 Å². The van der Waals surface area contributed by atoms with Gasteiger partial charge in [0.25, 0.3) is 10.0 Å². The highest BCUT2D eigenvalue weighted by atomic mass is 32.2. The Kier molecular flexibility index (Phi) is 8.30. The van der Waals surface area contributed by atoms with E-state index < -0.39 is 16.0 Å². The van der Waals surface area contributed by atoms with Crippen molar-refractivity contribution in [1.82, 2.24) is 13.3 Å². The Morgan fingerprint density at radius 1 is 0.978 bits per heavy atom. The summed E-state index contributed by atoms with van der Waals surface area (Å²) in [5.74, 6) is -0.469. The molecule has 11 heteroatoms. The maximum atomic E-state index is 14.2. The number of hydrogen-bond donors (Lipinski definition) is 1. The van der Waals surface area contributed by atoms with Crippen LogP contribution in [0.2, 0.25) is 0 Å². The number of nitrogens with zero attached hydrogens (tertiary/aromatic N) is 4. The summed E-state index contributed by atoms with van der Waals surface area (Å²) >= 11 is 1.09. The van der Waals surface area contributed by atoms with Crippen molar-refractivity contribution < 1.29 is 23.1 Å². The molecule has 6 rings (SSSR count). The van der Waals surface area contributed by atoms with E-state index >= 15 is 0 Å². The van der Waals surface area contributed by atoms with E-state index in [1.54, 1.807) is 48.9 Å². The van der Waals surface area contributed by atoms with E-state index in [-0.39, 0.29) is 23.7 Å². The van der Waals surface area contributed by atoms with Crippen molar-refractivity contribution in [2.45, 2.75) is 38.1 Å². The average molecular weight is 641 g/mol. The maximum absolute atomic E-state index is 14.2. The summed E-state index contributed by atoms with van der Waals surface area (Å²) in [6.45, 7) is 4.30. The molecule has 0 bridgehead atoms. The van der Waals surface area contributed by atoms with Gasteiger partial charge in [0.1, 0.15) is 22.5 Å². The number of carboxylic acids is 1. The standard InChI is InChI=1S/C34H32N4O5S2/c1-4-5-18-38(45(41,42)31-13-9-6-10-22(31)2)25-15-17-29-26(20-25)32(23-14-16-27-28(19-23)36-44-35-27)33(34(39)40)37(29)21-24-11-7-8-12-30(24)43-3/h6-17,19-20H,4-5,18,21H2,1-3H3,(H,39,40). The molecule has 9 nitrogen and oxygen atoms in total. The fraction of sp³-hybridized carbons (Fsp3) is 0.206. The van der Waals surface area contributed by atoms with E-state index in [9.17, 15) is 18.3 Å². The summed E-state index contributed by atoms with van der Waals surface area (Å²) in [5.41, 5.74) is 5.15. The first kappa shape index (κ1) is 30.3. The largest absolute Gasteiger partial charge is 0.496 e. The minimum absolute atomic E-state index is 0.0810. The molecule has 0 aliphatic carbocycles. The zero-order valence-corrected chi connectivity index (χ0v) is 26.7. The Morgan fingerprint density at radius 2 is 1.73 bits per heavy atom. The van der Waals surface area contributed by atoms with Crippen molar-refractivity contribution in [3.8, 4) is 16.9 Å². The van der Waals surface area contributed by atoms with Gasteiger partial charge in [0, 0.05) is 28.6 Å². The van der Waals surface area contributed by atoms with Crippen molar-refractivity contribution in [3.63, 3.8) is 0 Å². The molecule has 0 atom stereocenters. The first-order valence-electron chi connectivity index (χ1n) is 14.6. The van der Waals surface area contributed by atoms with Crippen LogP contribution in [-0.2, 0) is 16.6 Å². The van der Waals surface area contributed by atoms with E-state index in [1.807, 2.05) is 61.5 Å². The number of para-hydroxylation sites is 1. The fourth-order valence-electron chi connectivity index (χ4n) is 5.77. The number of fused-ring (bicyclic) bond motifs is 2. The number of aryl methyl sites for hydroxylation is 1. The second kappa shape index (κ2) is 12.3. The van der Waals surface area contributed by atoms with E-state index in [4.69, 9.17) is 4.74 Å². The minimum atomic E-state index is -3.92. The topological polar surface area (TPSA) is 115 Å². The van der Waals surface area contributed by atoms with Gasteiger partial charge in [-0.2, -0.15) is 8.75 Å². The van der Waals surface area contributed by atoms with Gasteiger partial charge >= 0.3 is 5.97 Å². The Labute approximate surface area is 265 Å². The number of aromatic carboxylic acids is 1. The predicted molar refractivity (Wildman–Crippen MR) is 178 cm³/mol. The summed E-state index contributed by atoms with van der Waals surface area (Å²) in [5, 5.41) is 11.3. The lowest BCUT2D eigenvalue weighted by Gasteiger charge is -2.25. The van der Waals surface area contributed by atoms with E-state index in [2.05, 4.69) is 8.75 Å². The van der Waals surface area contributed by atoms with Gasteiger partial charge in [-0.15, -0.1) is 0 Å². The molecule has 0 saturated heterocycles. The Balaban J connectivity index is 1.63. The summed E-state index contributed by atoms with van der Waals surface area (Å²) < 4.78 is 45.8. The predicted octanol–water partition coefficient (Wildman–Crippen LogP) is 7.37. The number of unbranched alkanes of at least 4 members (excludes halogenated alkanes) is 1. The smallest absolute Gasteiger partial charge is 0.353 e. The molecule has 0 fully saturated rings. The number of ether oxygens (including phenoxy) is 1. The maximum Gasteiger partial charge on any atom is 0.353 e. The number of anilines is 1. The highest BCUT2D eigenvalue weighted by Gasteiger charge is 2.29. The molecule has 2 heterocycles. The SMILES string of the molecule is CCCCN(c1ccc2c(c1)c(-c1ccc3nsnc3c1)c(C(=O)O)n2Cc1ccccc1OC)S(=O)(=O)c1ccccc1C. The van der Waals surface area contributed by atoms with Gasteiger partial charge in [0.15, 0.2) is 0 Å². The minimum Gasteiger partial charge on any atom is -0.496 e. The molecule has 0 aliphatic rings. The van der Waals surface area contributed by atoms with Crippen LogP contribution in [0.5, 0.6) is 5.75 Å². The number of benzene rings is 4. The molecule has 1 N–H and O–H groups in total. The monoisotopic (exact) mass is 640 g/mol. The average Bonchev–Trinajstić information content (AvgIpc) is 3.63. The molecule has 6 aromatic rings. The van der Waals surface area contributed by atoms with Crippen molar-refractivity contribution >= 4 is 55.3 Å². The molecule has 0 saturated carbocycles. The molecule has 0 amide bonds. The first-order chi connectivity index (χ1) is 21.7. The molecule has 0 aliphatic heterocycles. The Hall–Kier alpha value is -4.74. The summed E-state index contributed by atoms with van der Waals surface area (Å²) in [4.78, 5) is 13.3. The third kappa shape index (κ3) is 5.53. The normalized spacial score (nSPS) is 11.7.